The molecule has 22 heavy (non-hydrogen) atoms. The fraction of sp³-hybridized carbons (Fsp3) is 0.571. The monoisotopic (exact) mass is 334 g/mol. The van der Waals surface area contributed by atoms with E-state index >= 15 is 0 Å². The van der Waals surface area contributed by atoms with Gasteiger partial charge in [0.25, 0.3) is 0 Å². The van der Waals surface area contributed by atoms with E-state index in [1.165, 1.54) is 12.8 Å². The largest absolute Gasteiger partial charge is 0.300 e. The Morgan fingerprint density at radius 3 is 2.23 bits per heavy atom. The number of likely N-dealkylation sites (tertiary alicyclic amines) is 1. The van der Waals surface area contributed by atoms with Gasteiger partial charge >= 0.3 is 0 Å². The second kappa shape index (κ2) is 5.82. The summed E-state index contributed by atoms with van der Waals surface area (Å²) in [6, 6.07) is 1.67. The molecule has 1 aliphatic carbocycles. The predicted molar refractivity (Wildman–Crippen MR) is 74.3 cm³/mol. The van der Waals surface area contributed by atoms with E-state index < -0.39 is 32.4 Å². The minimum absolute atomic E-state index is 0.312. The van der Waals surface area contributed by atoms with Gasteiger partial charge in [0.05, 0.1) is 0 Å². The minimum Gasteiger partial charge on any atom is -0.300 e. The molecular weight excluding hydrogens is 317 g/mol. The van der Waals surface area contributed by atoms with Crippen molar-refractivity contribution in [3.05, 3.63) is 29.6 Å². The molecule has 3 rings (SSSR count). The van der Waals surface area contributed by atoms with E-state index in [4.69, 9.17) is 0 Å². The van der Waals surface area contributed by atoms with Crippen LogP contribution >= 0.6 is 0 Å². The molecule has 1 N–H and O–H groups in total. The summed E-state index contributed by atoms with van der Waals surface area (Å²) in [6.07, 6.45) is 3.63. The smallest absolute Gasteiger partial charge is 0.243 e. The summed E-state index contributed by atoms with van der Waals surface area (Å²) in [7, 11) is -4.20. The van der Waals surface area contributed by atoms with Crippen molar-refractivity contribution < 1.29 is 21.6 Å². The zero-order valence-electron chi connectivity index (χ0n) is 11.9. The molecule has 1 saturated heterocycles. The van der Waals surface area contributed by atoms with Crippen LogP contribution in [0.15, 0.2) is 17.0 Å². The number of benzene rings is 1. The second-order valence-electron chi connectivity index (χ2n) is 5.84. The van der Waals surface area contributed by atoms with Crippen LogP contribution in [0.4, 0.5) is 13.2 Å². The Hall–Kier alpha value is -1.12. The lowest BCUT2D eigenvalue weighted by Crippen LogP contribution is -2.45. The summed E-state index contributed by atoms with van der Waals surface area (Å²) < 4.78 is 66.5. The molecule has 4 nitrogen and oxygen atoms in total. The first-order valence-electron chi connectivity index (χ1n) is 7.28. The first-order chi connectivity index (χ1) is 10.4. The molecule has 0 bridgehead atoms. The molecule has 1 saturated carbocycles. The molecule has 2 fully saturated rings. The third-order valence-electron chi connectivity index (χ3n) is 4.20. The van der Waals surface area contributed by atoms with Gasteiger partial charge in [0.2, 0.25) is 10.0 Å². The number of sulfonamides is 1. The van der Waals surface area contributed by atoms with Crippen molar-refractivity contribution in [2.75, 3.05) is 13.1 Å². The number of halogens is 3. The van der Waals surface area contributed by atoms with E-state index in [9.17, 15) is 21.6 Å². The molecule has 8 heteroatoms. The van der Waals surface area contributed by atoms with E-state index in [2.05, 4.69) is 9.62 Å². The average molecular weight is 334 g/mol. The highest BCUT2D eigenvalue weighted by Crippen LogP contribution is 2.29. The number of rotatable bonds is 4. The summed E-state index contributed by atoms with van der Waals surface area (Å²) in [4.78, 5) is 1.47. The summed E-state index contributed by atoms with van der Waals surface area (Å²) in [5, 5.41) is 0. The lowest BCUT2D eigenvalue weighted by molar-refractivity contribution is 0.198. The van der Waals surface area contributed by atoms with Gasteiger partial charge in [-0.25, -0.2) is 26.3 Å². The van der Waals surface area contributed by atoms with Crippen molar-refractivity contribution in [2.45, 2.75) is 42.7 Å². The molecule has 1 aliphatic heterocycles. The van der Waals surface area contributed by atoms with E-state index in [-0.39, 0.29) is 6.04 Å². The zero-order valence-corrected chi connectivity index (χ0v) is 12.7. The van der Waals surface area contributed by atoms with Gasteiger partial charge in [0.1, 0.15) is 4.90 Å². The number of hydrogen-bond acceptors (Lipinski definition) is 3. The van der Waals surface area contributed by atoms with E-state index in [1.54, 1.807) is 0 Å². The molecule has 0 unspecified atom stereocenters. The highest BCUT2D eigenvalue weighted by atomic mass is 32.2. The van der Waals surface area contributed by atoms with Gasteiger partial charge in [0.15, 0.2) is 17.5 Å². The van der Waals surface area contributed by atoms with Gasteiger partial charge in [-0.05, 0) is 50.9 Å². The number of nitrogens with one attached hydrogen (secondary N) is 1. The van der Waals surface area contributed by atoms with Crippen molar-refractivity contribution in [2.24, 2.45) is 0 Å². The first-order valence-corrected chi connectivity index (χ1v) is 8.76. The molecule has 0 atom stereocenters. The maximum atomic E-state index is 13.6. The Morgan fingerprint density at radius 2 is 1.64 bits per heavy atom. The Labute approximate surface area is 127 Å². The number of piperidine rings is 1. The Bertz CT molecular complexity index is 669. The molecular formula is C14H17F3N2O2S. The molecule has 1 aromatic rings. The lowest BCUT2D eigenvalue weighted by atomic mass is 10.1. The summed E-state index contributed by atoms with van der Waals surface area (Å²) >= 11 is 0. The summed E-state index contributed by atoms with van der Waals surface area (Å²) in [6.45, 7) is 1.58. The van der Waals surface area contributed by atoms with Crippen LogP contribution in [0, 0.1) is 17.5 Å². The van der Waals surface area contributed by atoms with Crippen molar-refractivity contribution in [1.29, 1.82) is 0 Å². The van der Waals surface area contributed by atoms with Crippen molar-refractivity contribution in [1.82, 2.24) is 9.62 Å². The van der Waals surface area contributed by atoms with Gasteiger partial charge in [0, 0.05) is 12.1 Å². The van der Waals surface area contributed by atoms with Crippen LogP contribution in [0.3, 0.4) is 0 Å². The standard InChI is InChI=1S/C14H17F3N2O2S/c15-11-3-4-12(14(17)13(11)16)22(20,21)18-9-5-7-19(8-6-9)10-1-2-10/h3-4,9-10,18H,1-2,5-8H2. The number of nitrogens with zero attached hydrogens (tertiary/aromatic N) is 1. The fourth-order valence-corrected chi connectivity index (χ4v) is 4.20. The molecule has 0 aromatic heterocycles. The van der Waals surface area contributed by atoms with Gasteiger partial charge in [-0.2, -0.15) is 0 Å². The maximum absolute atomic E-state index is 13.6. The van der Waals surface area contributed by atoms with Crippen LogP contribution in [0.25, 0.3) is 0 Å². The van der Waals surface area contributed by atoms with Crippen LogP contribution in [-0.4, -0.2) is 38.5 Å². The highest BCUT2D eigenvalue weighted by Gasteiger charge is 2.33. The van der Waals surface area contributed by atoms with Crippen LogP contribution in [0.1, 0.15) is 25.7 Å². The highest BCUT2D eigenvalue weighted by molar-refractivity contribution is 7.89. The maximum Gasteiger partial charge on any atom is 0.243 e. The Balaban J connectivity index is 1.70. The lowest BCUT2D eigenvalue weighted by Gasteiger charge is -2.32. The van der Waals surface area contributed by atoms with E-state index in [0.29, 0.717) is 24.9 Å². The van der Waals surface area contributed by atoms with E-state index in [1.807, 2.05) is 0 Å². The normalized spacial score (nSPS) is 21.2. The van der Waals surface area contributed by atoms with Gasteiger partial charge in [-0.1, -0.05) is 0 Å². The zero-order chi connectivity index (χ0) is 15.9. The Morgan fingerprint density at radius 1 is 1.00 bits per heavy atom. The van der Waals surface area contributed by atoms with Crippen LogP contribution in [0.5, 0.6) is 0 Å². The van der Waals surface area contributed by atoms with Gasteiger partial charge in [-0.15, -0.1) is 0 Å². The van der Waals surface area contributed by atoms with Gasteiger partial charge in [-0.3, -0.25) is 0 Å². The quantitative estimate of drug-likeness (QED) is 0.857. The minimum atomic E-state index is -4.20. The third kappa shape index (κ3) is 3.13. The number of hydrogen-bond donors (Lipinski definition) is 1. The molecule has 0 amide bonds. The fourth-order valence-electron chi connectivity index (χ4n) is 2.82. The third-order valence-corrected chi connectivity index (χ3v) is 5.74. The second-order valence-corrected chi connectivity index (χ2v) is 7.52. The molecule has 122 valence electrons. The molecule has 0 spiro atoms. The molecule has 2 aliphatic rings. The predicted octanol–water partition coefficient (Wildman–Crippen LogP) is 2.01. The van der Waals surface area contributed by atoms with Crippen molar-refractivity contribution in [3.63, 3.8) is 0 Å². The van der Waals surface area contributed by atoms with Crippen LogP contribution in [-0.2, 0) is 10.0 Å². The molecule has 1 aromatic carbocycles. The van der Waals surface area contributed by atoms with Crippen molar-refractivity contribution >= 4 is 10.0 Å². The Kier molecular flexibility index (Phi) is 4.17. The summed E-state index contributed by atoms with van der Waals surface area (Å²) in [5.74, 6) is -4.86. The van der Waals surface area contributed by atoms with Crippen molar-refractivity contribution in [3.8, 4) is 0 Å². The molecule has 0 radical (unpaired) electrons. The topological polar surface area (TPSA) is 49.4 Å². The summed E-state index contributed by atoms with van der Waals surface area (Å²) in [5.41, 5.74) is 0. The van der Waals surface area contributed by atoms with E-state index in [0.717, 1.165) is 19.2 Å². The SMILES string of the molecule is O=S(=O)(NC1CCN(C2CC2)CC1)c1ccc(F)c(F)c1F. The van der Waals surface area contributed by atoms with Crippen LogP contribution < -0.4 is 4.72 Å². The van der Waals surface area contributed by atoms with Gasteiger partial charge < -0.3 is 4.90 Å². The van der Waals surface area contributed by atoms with Crippen LogP contribution in [0.2, 0.25) is 0 Å². The average Bonchev–Trinajstić information content (AvgIpc) is 3.29. The first kappa shape index (κ1) is 15.8. The molecule has 1 heterocycles.